The predicted octanol–water partition coefficient (Wildman–Crippen LogP) is 3.87. The second kappa shape index (κ2) is 5.61. The number of halogens is 5. The largest absolute Gasteiger partial charge is 0.461 e. The predicted molar refractivity (Wildman–Crippen MR) is 86.3 cm³/mol. The Hall–Kier alpha value is -1.28. The van der Waals surface area contributed by atoms with Crippen molar-refractivity contribution in [3.63, 3.8) is 0 Å². The normalized spacial score (nSPS) is 35.8. The maximum Gasteiger partial charge on any atom is 0.416 e. The number of alkyl halides is 4. The van der Waals surface area contributed by atoms with Gasteiger partial charge in [-0.2, -0.15) is 13.2 Å². The Morgan fingerprint density at radius 2 is 2.04 bits per heavy atom. The molecule has 0 radical (unpaired) electrons. The molecule has 1 saturated heterocycles. The highest BCUT2D eigenvalue weighted by atomic mass is 79.9. The summed E-state index contributed by atoms with van der Waals surface area (Å²) < 4.78 is 43.9. The first-order chi connectivity index (χ1) is 11.7. The van der Waals surface area contributed by atoms with Crippen LogP contribution in [0.1, 0.15) is 12.0 Å². The highest BCUT2D eigenvalue weighted by Crippen LogP contribution is 2.60. The molecular formula is C16H12BrClF3NO3. The third-order valence-corrected chi connectivity index (χ3v) is 6.91. The van der Waals surface area contributed by atoms with E-state index in [1.54, 1.807) is 0 Å². The van der Waals surface area contributed by atoms with Crippen LogP contribution in [0.5, 0.6) is 0 Å². The van der Waals surface area contributed by atoms with Gasteiger partial charge in [0.05, 0.1) is 32.9 Å². The number of ether oxygens (including phenoxy) is 1. The number of esters is 1. The average Bonchev–Trinajstić information content (AvgIpc) is 3.12. The van der Waals surface area contributed by atoms with Gasteiger partial charge in [-0.1, -0.05) is 27.5 Å². The molecule has 3 aliphatic rings. The summed E-state index contributed by atoms with van der Waals surface area (Å²) in [7, 11) is 0. The fourth-order valence-electron chi connectivity index (χ4n) is 4.34. The Morgan fingerprint density at radius 3 is 2.72 bits per heavy atom. The first-order valence-electron chi connectivity index (χ1n) is 7.70. The van der Waals surface area contributed by atoms with Crippen LogP contribution in [0, 0.1) is 23.7 Å². The second-order valence-electron chi connectivity index (χ2n) is 6.64. The third-order valence-electron chi connectivity index (χ3n) is 5.38. The van der Waals surface area contributed by atoms with E-state index in [1.807, 2.05) is 0 Å². The van der Waals surface area contributed by atoms with Crippen LogP contribution in [-0.4, -0.2) is 22.8 Å². The Kier molecular flexibility index (Phi) is 3.85. The quantitative estimate of drug-likeness (QED) is 0.563. The molecule has 1 aliphatic heterocycles. The summed E-state index contributed by atoms with van der Waals surface area (Å²) in [5.74, 6) is -2.18. The summed E-state index contributed by atoms with van der Waals surface area (Å²) >= 11 is 9.42. The molecule has 0 aromatic heterocycles. The van der Waals surface area contributed by atoms with E-state index in [0.717, 1.165) is 18.2 Å². The van der Waals surface area contributed by atoms with Crippen molar-refractivity contribution in [1.82, 2.24) is 0 Å². The molecule has 9 heteroatoms. The topological polar surface area (TPSA) is 55.4 Å². The molecule has 4 rings (SSSR count). The summed E-state index contributed by atoms with van der Waals surface area (Å²) in [4.78, 5) is 24.7. The lowest BCUT2D eigenvalue weighted by atomic mass is 9.79. The molecule has 1 heterocycles. The van der Waals surface area contributed by atoms with E-state index in [0.29, 0.717) is 6.42 Å². The fraction of sp³-hybridized carbons (Fsp3) is 0.500. The smallest absolute Gasteiger partial charge is 0.416 e. The zero-order valence-electron chi connectivity index (χ0n) is 12.5. The van der Waals surface area contributed by atoms with Gasteiger partial charge in [-0.25, -0.2) is 0 Å². The number of carbonyl (C=O) groups excluding carboxylic acids is 2. The van der Waals surface area contributed by atoms with Crippen LogP contribution in [-0.2, 0) is 20.5 Å². The highest BCUT2D eigenvalue weighted by molar-refractivity contribution is 9.09. The van der Waals surface area contributed by atoms with Gasteiger partial charge in [0.1, 0.15) is 6.10 Å². The second-order valence-corrected chi connectivity index (χ2v) is 8.11. The number of hydrogen-bond donors (Lipinski definition) is 1. The van der Waals surface area contributed by atoms with E-state index in [-0.39, 0.29) is 33.5 Å². The number of anilines is 1. The van der Waals surface area contributed by atoms with Gasteiger partial charge in [0.2, 0.25) is 5.91 Å². The Morgan fingerprint density at radius 1 is 1.32 bits per heavy atom. The lowest BCUT2D eigenvalue weighted by Gasteiger charge is -2.27. The minimum absolute atomic E-state index is 0.00627. The maximum atomic E-state index is 12.9. The highest BCUT2D eigenvalue weighted by Gasteiger charge is 2.67. The number of benzene rings is 1. The van der Waals surface area contributed by atoms with Crippen molar-refractivity contribution in [2.75, 3.05) is 5.32 Å². The molecule has 6 atom stereocenters. The standard InChI is InChI=1S/C16H12BrClF3NO3/c17-12-6-4-7-11(15(24)25-13(7)12)10(6)14(23)22-9-3-5(16(19,20)21)1-2-8(9)18/h1-3,6-7,10-13H,4H2,(H,22,23). The summed E-state index contributed by atoms with van der Waals surface area (Å²) in [6, 6.07) is 2.74. The zero-order chi connectivity index (χ0) is 18.1. The fourth-order valence-corrected chi connectivity index (χ4v) is 5.55. The first kappa shape index (κ1) is 17.1. The minimum atomic E-state index is -4.54. The molecule has 1 aromatic rings. The van der Waals surface area contributed by atoms with Crippen molar-refractivity contribution >= 4 is 45.1 Å². The van der Waals surface area contributed by atoms with E-state index in [1.165, 1.54) is 0 Å². The van der Waals surface area contributed by atoms with Crippen LogP contribution < -0.4 is 5.32 Å². The van der Waals surface area contributed by atoms with Crippen LogP contribution in [0.25, 0.3) is 0 Å². The van der Waals surface area contributed by atoms with E-state index in [9.17, 15) is 22.8 Å². The van der Waals surface area contributed by atoms with Crippen molar-refractivity contribution in [1.29, 1.82) is 0 Å². The molecule has 2 bridgehead atoms. The molecule has 1 N–H and O–H groups in total. The van der Waals surface area contributed by atoms with Gasteiger partial charge in [-0.15, -0.1) is 0 Å². The molecule has 1 amide bonds. The van der Waals surface area contributed by atoms with Gasteiger partial charge in [0.25, 0.3) is 0 Å². The molecule has 1 aromatic carbocycles. The Labute approximate surface area is 154 Å². The van der Waals surface area contributed by atoms with Gasteiger partial charge in [0, 0.05) is 5.92 Å². The van der Waals surface area contributed by atoms with E-state index in [2.05, 4.69) is 21.2 Å². The summed E-state index contributed by atoms with van der Waals surface area (Å²) in [5, 5.41) is 2.48. The van der Waals surface area contributed by atoms with Crippen molar-refractivity contribution in [2.45, 2.75) is 23.5 Å². The number of nitrogens with one attached hydrogen (secondary N) is 1. The minimum Gasteiger partial charge on any atom is -0.461 e. The van der Waals surface area contributed by atoms with Gasteiger partial charge < -0.3 is 10.1 Å². The lowest BCUT2D eigenvalue weighted by Crippen LogP contribution is -2.40. The molecule has 0 spiro atoms. The summed E-state index contributed by atoms with van der Waals surface area (Å²) in [6.45, 7) is 0. The van der Waals surface area contributed by atoms with Crippen molar-refractivity contribution in [3.8, 4) is 0 Å². The van der Waals surface area contributed by atoms with Crippen molar-refractivity contribution in [2.24, 2.45) is 23.7 Å². The lowest BCUT2D eigenvalue weighted by molar-refractivity contribution is -0.145. The molecule has 3 fully saturated rings. The molecular weight excluding hydrogens is 427 g/mol. The van der Waals surface area contributed by atoms with Gasteiger partial charge in [-0.3, -0.25) is 9.59 Å². The van der Waals surface area contributed by atoms with Crippen LogP contribution in [0.2, 0.25) is 5.02 Å². The van der Waals surface area contributed by atoms with Crippen LogP contribution >= 0.6 is 27.5 Å². The number of fused-ring (bicyclic) bond motifs is 1. The average molecular weight is 439 g/mol. The number of carbonyl (C=O) groups is 2. The number of amides is 1. The number of hydrogen-bond acceptors (Lipinski definition) is 3. The van der Waals surface area contributed by atoms with Crippen LogP contribution in [0.15, 0.2) is 18.2 Å². The molecule has 25 heavy (non-hydrogen) atoms. The van der Waals surface area contributed by atoms with Crippen molar-refractivity contribution in [3.05, 3.63) is 28.8 Å². The molecule has 2 saturated carbocycles. The third kappa shape index (κ3) is 2.56. The Bertz CT molecular complexity index is 771. The summed E-state index contributed by atoms with van der Waals surface area (Å²) in [6.07, 6.45) is -4.07. The van der Waals surface area contributed by atoms with Gasteiger partial charge in [0.15, 0.2) is 0 Å². The monoisotopic (exact) mass is 437 g/mol. The molecule has 4 nitrogen and oxygen atoms in total. The van der Waals surface area contributed by atoms with Crippen LogP contribution in [0.3, 0.4) is 0 Å². The Balaban J connectivity index is 1.60. The molecule has 2 aliphatic carbocycles. The maximum absolute atomic E-state index is 12.9. The first-order valence-corrected chi connectivity index (χ1v) is 9.00. The van der Waals surface area contributed by atoms with Crippen LogP contribution in [0.4, 0.5) is 18.9 Å². The summed E-state index contributed by atoms with van der Waals surface area (Å²) in [5.41, 5.74) is -1.02. The van der Waals surface area contributed by atoms with Gasteiger partial charge >= 0.3 is 12.1 Å². The molecule has 134 valence electrons. The van der Waals surface area contributed by atoms with E-state index < -0.39 is 35.5 Å². The zero-order valence-corrected chi connectivity index (χ0v) is 14.9. The van der Waals surface area contributed by atoms with Crippen molar-refractivity contribution < 1.29 is 27.5 Å². The van der Waals surface area contributed by atoms with E-state index >= 15 is 0 Å². The van der Waals surface area contributed by atoms with E-state index in [4.69, 9.17) is 16.3 Å². The number of rotatable bonds is 2. The molecule has 6 unspecified atom stereocenters. The SMILES string of the molecule is O=C(Nc1cc(C(F)(F)F)ccc1Cl)C1C2CC3C(OC(=O)C31)C2Br. The van der Waals surface area contributed by atoms with Gasteiger partial charge in [-0.05, 0) is 30.5 Å².